The minimum atomic E-state index is 0.453. The summed E-state index contributed by atoms with van der Waals surface area (Å²) in [5, 5.41) is 3.30. The normalized spacial score (nSPS) is 18.0. The minimum Gasteiger partial charge on any atom is -0.291 e. The van der Waals surface area contributed by atoms with Crippen LogP contribution >= 0.6 is 22.9 Å². The van der Waals surface area contributed by atoms with Gasteiger partial charge in [0, 0.05) is 11.4 Å². The first-order valence-electron chi connectivity index (χ1n) is 6.02. The first kappa shape index (κ1) is 12.3. The van der Waals surface area contributed by atoms with Gasteiger partial charge in [0.15, 0.2) is 0 Å². The summed E-state index contributed by atoms with van der Waals surface area (Å²) in [6.45, 7) is 5.70. The van der Waals surface area contributed by atoms with Crippen LogP contribution in [0.3, 0.4) is 0 Å². The number of thiazole rings is 1. The highest BCUT2D eigenvalue weighted by Crippen LogP contribution is 2.35. The molecule has 1 unspecified atom stereocenters. The number of hydrogen-bond acceptors (Lipinski definition) is 3. The second-order valence-corrected chi connectivity index (χ2v) is 5.61. The molecule has 0 amide bonds. The lowest BCUT2D eigenvalue weighted by molar-refractivity contribution is 0.200. The molecule has 1 fully saturated rings. The first-order chi connectivity index (χ1) is 7.76. The highest BCUT2D eigenvalue weighted by Gasteiger charge is 2.32. The van der Waals surface area contributed by atoms with E-state index in [9.17, 15) is 0 Å². The predicted octanol–water partition coefficient (Wildman–Crippen LogP) is 3.82. The third kappa shape index (κ3) is 2.76. The summed E-state index contributed by atoms with van der Waals surface area (Å²) in [6, 6.07) is 1.26. The largest absolute Gasteiger partial charge is 0.291 e. The number of hydrogen-bond donors (Lipinski definition) is 0. The van der Waals surface area contributed by atoms with Crippen molar-refractivity contribution in [2.75, 3.05) is 6.54 Å². The molecule has 16 heavy (non-hydrogen) atoms. The monoisotopic (exact) mass is 258 g/mol. The van der Waals surface area contributed by atoms with Crippen LogP contribution in [0.15, 0.2) is 5.38 Å². The number of nitrogens with zero attached hydrogens (tertiary/aromatic N) is 2. The second kappa shape index (κ2) is 5.48. The van der Waals surface area contributed by atoms with Crippen LogP contribution in [0, 0.1) is 0 Å². The van der Waals surface area contributed by atoms with Gasteiger partial charge in [-0.05, 0) is 32.7 Å². The number of alkyl halides is 1. The quantitative estimate of drug-likeness (QED) is 0.722. The van der Waals surface area contributed by atoms with E-state index >= 15 is 0 Å². The van der Waals surface area contributed by atoms with Gasteiger partial charge in [-0.2, -0.15) is 0 Å². The summed E-state index contributed by atoms with van der Waals surface area (Å²) < 4.78 is 0. The highest BCUT2D eigenvalue weighted by atomic mass is 35.5. The van der Waals surface area contributed by atoms with Crippen molar-refractivity contribution in [3.05, 3.63) is 16.1 Å². The Kier molecular flexibility index (Phi) is 4.22. The van der Waals surface area contributed by atoms with Gasteiger partial charge in [0.05, 0.1) is 17.6 Å². The van der Waals surface area contributed by atoms with Crippen molar-refractivity contribution in [3.63, 3.8) is 0 Å². The van der Waals surface area contributed by atoms with Crippen molar-refractivity contribution >= 4 is 22.9 Å². The van der Waals surface area contributed by atoms with Crippen molar-refractivity contribution in [3.8, 4) is 0 Å². The van der Waals surface area contributed by atoms with E-state index in [-0.39, 0.29) is 0 Å². The SMILES string of the molecule is CCCN(C1CC1)C(C)c1nc(CCl)cs1. The standard InChI is InChI=1S/C12H19ClN2S/c1-3-6-15(11-4-5-11)9(2)12-14-10(7-13)8-16-12/h8-9,11H,3-7H2,1-2H3. The third-order valence-corrected chi connectivity index (χ3v) is 4.40. The van der Waals surface area contributed by atoms with Crippen LogP contribution in [0.1, 0.15) is 49.9 Å². The summed E-state index contributed by atoms with van der Waals surface area (Å²) in [5.74, 6) is 0.528. The molecule has 2 rings (SSSR count). The van der Waals surface area contributed by atoms with Crippen LogP contribution in [-0.2, 0) is 5.88 Å². The molecular weight excluding hydrogens is 240 g/mol. The van der Waals surface area contributed by atoms with E-state index in [1.165, 1.54) is 30.8 Å². The lowest BCUT2D eigenvalue weighted by Gasteiger charge is -2.27. The molecular formula is C12H19ClN2S. The average molecular weight is 259 g/mol. The van der Waals surface area contributed by atoms with Gasteiger partial charge in [0.2, 0.25) is 0 Å². The molecule has 0 saturated heterocycles. The lowest BCUT2D eigenvalue weighted by atomic mass is 10.2. The highest BCUT2D eigenvalue weighted by molar-refractivity contribution is 7.09. The number of aromatic nitrogens is 1. The van der Waals surface area contributed by atoms with Crippen LogP contribution in [0.25, 0.3) is 0 Å². The molecule has 1 aliphatic carbocycles. The third-order valence-electron chi connectivity index (χ3n) is 3.06. The van der Waals surface area contributed by atoms with Gasteiger partial charge in [0.1, 0.15) is 5.01 Å². The van der Waals surface area contributed by atoms with Crippen LogP contribution < -0.4 is 0 Å². The molecule has 90 valence electrons. The molecule has 1 saturated carbocycles. The van der Waals surface area contributed by atoms with Crippen LogP contribution in [0.4, 0.5) is 0 Å². The van der Waals surface area contributed by atoms with Crippen molar-refractivity contribution in [1.82, 2.24) is 9.88 Å². The Morgan fingerprint density at radius 2 is 2.38 bits per heavy atom. The fourth-order valence-electron chi connectivity index (χ4n) is 2.07. The molecule has 1 aromatic heterocycles. The van der Waals surface area contributed by atoms with Gasteiger partial charge in [-0.1, -0.05) is 6.92 Å². The van der Waals surface area contributed by atoms with E-state index < -0.39 is 0 Å². The maximum atomic E-state index is 5.79. The van der Waals surface area contributed by atoms with Crippen LogP contribution in [0.2, 0.25) is 0 Å². The molecule has 0 bridgehead atoms. The molecule has 1 heterocycles. The molecule has 0 spiro atoms. The predicted molar refractivity (Wildman–Crippen MR) is 70.1 cm³/mol. The van der Waals surface area contributed by atoms with E-state index in [1.807, 2.05) is 0 Å². The summed E-state index contributed by atoms with van der Waals surface area (Å²) in [4.78, 5) is 7.18. The Bertz CT molecular complexity index is 336. The molecule has 1 aliphatic rings. The molecule has 0 radical (unpaired) electrons. The van der Waals surface area contributed by atoms with Gasteiger partial charge in [0.25, 0.3) is 0 Å². The van der Waals surface area contributed by atoms with Gasteiger partial charge < -0.3 is 0 Å². The van der Waals surface area contributed by atoms with Gasteiger partial charge >= 0.3 is 0 Å². The maximum Gasteiger partial charge on any atom is 0.110 e. The minimum absolute atomic E-state index is 0.453. The maximum absolute atomic E-state index is 5.79. The topological polar surface area (TPSA) is 16.1 Å². The van der Waals surface area contributed by atoms with E-state index in [0.717, 1.165) is 11.7 Å². The number of halogens is 1. The van der Waals surface area contributed by atoms with Crippen molar-refractivity contribution in [2.45, 2.75) is 51.1 Å². The Balaban J connectivity index is 2.05. The lowest BCUT2D eigenvalue weighted by Crippen LogP contribution is -2.30. The number of rotatable bonds is 6. The molecule has 1 aromatic rings. The molecule has 0 aliphatic heterocycles. The van der Waals surface area contributed by atoms with Crippen molar-refractivity contribution in [2.24, 2.45) is 0 Å². The van der Waals surface area contributed by atoms with E-state index in [1.54, 1.807) is 11.3 Å². The van der Waals surface area contributed by atoms with E-state index in [4.69, 9.17) is 11.6 Å². The summed E-state index contributed by atoms with van der Waals surface area (Å²) in [6.07, 6.45) is 3.94. The molecule has 0 aromatic carbocycles. The smallest absolute Gasteiger partial charge is 0.110 e. The van der Waals surface area contributed by atoms with Crippen LogP contribution in [0.5, 0.6) is 0 Å². The summed E-state index contributed by atoms with van der Waals surface area (Å²) in [5.41, 5.74) is 1.01. The fraction of sp³-hybridized carbons (Fsp3) is 0.750. The van der Waals surface area contributed by atoms with E-state index in [0.29, 0.717) is 11.9 Å². The van der Waals surface area contributed by atoms with Gasteiger partial charge in [-0.25, -0.2) is 4.98 Å². The van der Waals surface area contributed by atoms with Crippen molar-refractivity contribution < 1.29 is 0 Å². The zero-order chi connectivity index (χ0) is 11.5. The fourth-order valence-corrected chi connectivity index (χ4v) is 3.20. The Morgan fingerprint density at radius 1 is 1.62 bits per heavy atom. The molecule has 4 heteroatoms. The zero-order valence-electron chi connectivity index (χ0n) is 9.95. The average Bonchev–Trinajstić information content (AvgIpc) is 3.02. The second-order valence-electron chi connectivity index (χ2n) is 4.46. The molecule has 2 nitrogen and oxygen atoms in total. The zero-order valence-corrected chi connectivity index (χ0v) is 11.5. The van der Waals surface area contributed by atoms with Crippen molar-refractivity contribution in [1.29, 1.82) is 0 Å². The summed E-state index contributed by atoms with van der Waals surface area (Å²) in [7, 11) is 0. The first-order valence-corrected chi connectivity index (χ1v) is 7.43. The van der Waals surface area contributed by atoms with Gasteiger partial charge in [-0.3, -0.25) is 4.90 Å². The summed E-state index contributed by atoms with van der Waals surface area (Å²) >= 11 is 7.54. The molecule has 0 N–H and O–H groups in total. The Morgan fingerprint density at radius 3 is 2.88 bits per heavy atom. The van der Waals surface area contributed by atoms with Gasteiger partial charge in [-0.15, -0.1) is 22.9 Å². The Labute approximate surface area is 107 Å². The Hall–Kier alpha value is -0.120. The van der Waals surface area contributed by atoms with Crippen LogP contribution in [-0.4, -0.2) is 22.5 Å². The molecule has 1 atom stereocenters. The van der Waals surface area contributed by atoms with E-state index in [2.05, 4.69) is 29.1 Å².